The molecular formula is C22H18N6O2S. The molecule has 0 spiro atoms. The fourth-order valence-corrected chi connectivity index (χ4v) is 4.48. The summed E-state index contributed by atoms with van der Waals surface area (Å²) in [6, 6.07) is 17.0. The Labute approximate surface area is 182 Å². The summed E-state index contributed by atoms with van der Waals surface area (Å²) in [5, 5.41) is 8.24. The highest BCUT2D eigenvalue weighted by atomic mass is 32.2. The van der Waals surface area contributed by atoms with Crippen molar-refractivity contribution in [2.75, 3.05) is 16.8 Å². The van der Waals surface area contributed by atoms with Crippen LogP contribution < -0.4 is 10.2 Å². The van der Waals surface area contributed by atoms with Gasteiger partial charge in [-0.25, -0.2) is 14.6 Å². The van der Waals surface area contributed by atoms with Crippen molar-refractivity contribution in [3.8, 4) is 5.69 Å². The first-order valence-electron chi connectivity index (χ1n) is 9.73. The van der Waals surface area contributed by atoms with E-state index in [9.17, 15) is 9.59 Å². The van der Waals surface area contributed by atoms with E-state index >= 15 is 0 Å². The molecule has 5 rings (SSSR count). The van der Waals surface area contributed by atoms with Crippen LogP contribution in [0.25, 0.3) is 16.7 Å². The summed E-state index contributed by atoms with van der Waals surface area (Å²) >= 11 is 1.33. The number of carbonyl (C=O) groups is 2. The predicted molar refractivity (Wildman–Crippen MR) is 119 cm³/mol. The van der Waals surface area contributed by atoms with Gasteiger partial charge in [-0.05, 0) is 31.2 Å². The number of carbonyl (C=O) groups excluding carboxylic acids is 2. The van der Waals surface area contributed by atoms with E-state index in [4.69, 9.17) is 0 Å². The summed E-state index contributed by atoms with van der Waals surface area (Å²) in [6.07, 6.45) is 3.19. The number of thioether (sulfide) groups is 1. The zero-order valence-electron chi connectivity index (χ0n) is 16.6. The Morgan fingerprint density at radius 2 is 1.87 bits per heavy atom. The first-order chi connectivity index (χ1) is 15.1. The molecule has 2 aromatic heterocycles. The standard InChI is InChI=1S/C22H18N6O2S/c1-14(22(30)27-12-19(29)26-17-9-5-6-10-18(17)27)31-21-16-11-25-28(20(16)23-13-24-21)15-7-3-2-4-8-15/h2-11,13-14H,12H2,1H3,(H,26,29). The van der Waals surface area contributed by atoms with Gasteiger partial charge in [-0.3, -0.25) is 14.5 Å². The molecule has 1 unspecified atom stereocenters. The Morgan fingerprint density at radius 1 is 1.10 bits per heavy atom. The van der Waals surface area contributed by atoms with Gasteiger partial charge in [0.1, 0.15) is 17.9 Å². The molecular weight excluding hydrogens is 412 g/mol. The Balaban J connectivity index is 1.43. The van der Waals surface area contributed by atoms with Gasteiger partial charge in [-0.1, -0.05) is 42.1 Å². The Bertz CT molecular complexity index is 1290. The summed E-state index contributed by atoms with van der Waals surface area (Å²) in [4.78, 5) is 35.6. The molecule has 9 heteroatoms. The van der Waals surface area contributed by atoms with Crippen molar-refractivity contribution in [2.45, 2.75) is 17.2 Å². The normalized spacial score (nSPS) is 14.2. The maximum absolute atomic E-state index is 13.2. The van der Waals surface area contributed by atoms with Crippen LogP contribution in [0, 0.1) is 0 Å². The second kappa shape index (κ2) is 7.84. The Kier molecular flexibility index (Phi) is 4.87. The molecule has 0 radical (unpaired) electrons. The highest BCUT2D eigenvalue weighted by Gasteiger charge is 2.30. The molecule has 154 valence electrons. The van der Waals surface area contributed by atoms with Crippen molar-refractivity contribution >= 4 is 46.0 Å². The average Bonchev–Trinajstić information content (AvgIpc) is 3.24. The minimum atomic E-state index is -0.461. The van der Waals surface area contributed by atoms with Gasteiger partial charge < -0.3 is 5.32 Å². The second-order valence-electron chi connectivity index (χ2n) is 7.06. The number of amides is 2. The number of anilines is 2. The quantitative estimate of drug-likeness (QED) is 0.395. The third kappa shape index (κ3) is 3.53. The van der Waals surface area contributed by atoms with Gasteiger partial charge in [0.25, 0.3) is 0 Å². The summed E-state index contributed by atoms with van der Waals surface area (Å²) < 4.78 is 1.75. The second-order valence-corrected chi connectivity index (χ2v) is 8.39. The number of aromatic nitrogens is 4. The van der Waals surface area contributed by atoms with Crippen LogP contribution in [0.4, 0.5) is 11.4 Å². The minimum absolute atomic E-state index is 0.00806. The van der Waals surface area contributed by atoms with Crippen LogP contribution in [-0.4, -0.2) is 43.4 Å². The van der Waals surface area contributed by atoms with Gasteiger partial charge in [0.2, 0.25) is 11.8 Å². The van der Waals surface area contributed by atoms with E-state index in [0.717, 1.165) is 11.1 Å². The molecule has 0 bridgehead atoms. The third-order valence-corrected chi connectivity index (χ3v) is 6.11. The van der Waals surface area contributed by atoms with E-state index in [1.54, 1.807) is 16.9 Å². The summed E-state index contributed by atoms with van der Waals surface area (Å²) in [5.41, 5.74) is 2.90. The average molecular weight is 430 g/mol. The van der Waals surface area contributed by atoms with E-state index in [0.29, 0.717) is 22.0 Å². The fourth-order valence-electron chi connectivity index (χ4n) is 3.54. The number of nitrogens with one attached hydrogen (secondary N) is 1. The van der Waals surface area contributed by atoms with Crippen LogP contribution in [-0.2, 0) is 9.59 Å². The number of nitrogens with zero attached hydrogens (tertiary/aromatic N) is 5. The van der Waals surface area contributed by atoms with Gasteiger partial charge in [0.05, 0.1) is 33.9 Å². The van der Waals surface area contributed by atoms with E-state index in [1.807, 2.05) is 55.5 Å². The first kappa shape index (κ1) is 19.3. The maximum atomic E-state index is 13.2. The van der Waals surface area contributed by atoms with Gasteiger partial charge >= 0.3 is 0 Å². The third-order valence-electron chi connectivity index (χ3n) is 5.00. The Hall–Kier alpha value is -3.72. The number of benzene rings is 2. The molecule has 31 heavy (non-hydrogen) atoms. The van der Waals surface area contributed by atoms with Crippen molar-refractivity contribution in [1.82, 2.24) is 19.7 Å². The van der Waals surface area contributed by atoms with Gasteiger partial charge in [-0.15, -0.1) is 0 Å². The van der Waals surface area contributed by atoms with Crippen molar-refractivity contribution in [3.63, 3.8) is 0 Å². The molecule has 0 aliphatic carbocycles. The van der Waals surface area contributed by atoms with E-state index in [1.165, 1.54) is 23.0 Å². The zero-order valence-corrected chi connectivity index (χ0v) is 17.4. The highest BCUT2D eigenvalue weighted by molar-refractivity contribution is 8.00. The van der Waals surface area contributed by atoms with Crippen LogP contribution in [0.3, 0.4) is 0 Å². The maximum Gasteiger partial charge on any atom is 0.244 e. The molecule has 0 fully saturated rings. The lowest BCUT2D eigenvalue weighted by molar-refractivity contribution is -0.121. The molecule has 2 amide bonds. The van der Waals surface area contributed by atoms with Gasteiger partial charge in [0.15, 0.2) is 5.65 Å². The summed E-state index contributed by atoms with van der Waals surface area (Å²) in [5.74, 6) is -0.368. The van der Waals surface area contributed by atoms with Crippen molar-refractivity contribution in [3.05, 3.63) is 67.1 Å². The molecule has 8 nitrogen and oxygen atoms in total. The van der Waals surface area contributed by atoms with Gasteiger partial charge in [-0.2, -0.15) is 5.10 Å². The molecule has 1 aliphatic heterocycles. The molecule has 4 aromatic rings. The van der Waals surface area contributed by atoms with Crippen LogP contribution in [0.2, 0.25) is 0 Å². The van der Waals surface area contributed by atoms with E-state index in [-0.39, 0.29) is 18.4 Å². The first-order valence-corrected chi connectivity index (χ1v) is 10.6. The summed E-state index contributed by atoms with van der Waals surface area (Å²) in [7, 11) is 0. The lowest BCUT2D eigenvalue weighted by atomic mass is 10.2. The topological polar surface area (TPSA) is 93.0 Å². The number of fused-ring (bicyclic) bond motifs is 2. The number of hydrogen-bond donors (Lipinski definition) is 1. The van der Waals surface area contributed by atoms with Crippen molar-refractivity contribution in [2.24, 2.45) is 0 Å². The molecule has 1 atom stereocenters. The number of para-hydroxylation sites is 3. The molecule has 1 N–H and O–H groups in total. The van der Waals surface area contributed by atoms with Crippen LogP contribution in [0.1, 0.15) is 6.92 Å². The SMILES string of the molecule is CC(Sc1ncnc2c1cnn2-c1ccccc1)C(=O)N1CC(=O)Nc2ccccc21. The van der Waals surface area contributed by atoms with E-state index < -0.39 is 5.25 Å². The molecule has 0 saturated carbocycles. The van der Waals surface area contributed by atoms with Crippen LogP contribution >= 0.6 is 11.8 Å². The lowest BCUT2D eigenvalue weighted by Crippen LogP contribution is -2.45. The largest absolute Gasteiger partial charge is 0.323 e. The Morgan fingerprint density at radius 3 is 2.71 bits per heavy atom. The number of hydrogen-bond acceptors (Lipinski definition) is 6. The van der Waals surface area contributed by atoms with Crippen LogP contribution in [0.5, 0.6) is 0 Å². The molecule has 1 aliphatic rings. The molecule has 2 aromatic carbocycles. The molecule has 0 saturated heterocycles. The summed E-state index contributed by atoms with van der Waals surface area (Å²) in [6.45, 7) is 1.81. The van der Waals surface area contributed by atoms with Gasteiger partial charge in [0, 0.05) is 0 Å². The van der Waals surface area contributed by atoms with Crippen molar-refractivity contribution < 1.29 is 9.59 Å². The fraction of sp³-hybridized carbons (Fsp3) is 0.136. The monoisotopic (exact) mass is 430 g/mol. The zero-order chi connectivity index (χ0) is 21.4. The molecule has 3 heterocycles. The van der Waals surface area contributed by atoms with Crippen molar-refractivity contribution in [1.29, 1.82) is 0 Å². The highest BCUT2D eigenvalue weighted by Crippen LogP contribution is 2.33. The minimum Gasteiger partial charge on any atom is -0.323 e. The van der Waals surface area contributed by atoms with Crippen LogP contribution in [0.15, 0.2) is 72.1 Å². The lowest BCUT2D eigenvalue weighted by Gasteiger charge is -2.30. The number of rotatable bonds is 4. The van der Waals surface area contributed by atoms with E-state index in [2.05, 4.69) is 20.4 Å². The smallest absolute Gasteiger partial charge is 0.244 e. The predicted octanol–water partition coefficient (Wildman–Crippen LogP) is 3.28.